The SMILES string of the molecule is CCCCS(=O)(=O)N1CCC(C2C=CCC=C2Cl)CC1. The zero-order valence-electron chi connectivity index (χ0n) is 12.1. The molecule has 0 spiro atoms. The van der Waals surface area contributed by atoms with Gasteiger partial charge in [0.05, 0.1) is 5.75 Å². The average Bonchev–Trinajstić information content (AvgIpc) is 2.46. The molecule has 0 amide bonds. The van der Waals surface area contributed by atoms with Gasteiger partial charge in [-0.05, 0) is 31.6 Å². The zero-order chi connectivity index (χ0) is 14.6. The van der Waals surface area contributed by atoms with Crippen LogP contribution in [0.4, 0.5) is 0 Å². The van der Waals surface area contributed by atoms with Crippen molar-refractivity contribution >= 4 is 21.6 Å². The van der Waals surface area contributed by atoms with E-state index < -0.39 is 10.0 Å². The Morgan fingerprint density at radius 2 is 2.05 bits per heavy atom. The van der Waals surface area contributed by atoms with Crippen LogP contribution in [0.25, 0.3) is 0 Å². The molecule has 0 N–H and O–H groups in total. The van der Waals surface area contributed by atoms with E-state index in [0.29, 0.717) is 24.9 Å². The fourth-order valence-electron chi connectivity index (χ4n) is 2.99. The molecule has 0 aromatic heterocycles. The largest absolute Gasteiger partial charge is 0.214 e. The van der Waals surface area contributed by atoms with E-state index in [2.05, 4.69) is 18.2 Å². The monoisotopic (exact) mass is 317 g/mol. The van der Waals surface area contributed by atoms with Crippen LogP contribution in [-0.4, -0.2) is 31.6 Å². The molecule has 0 saturated carbocycles. The number of unbranched alkanes of at least 4 members (excludes halogenated alkanes) is 1. The standard InChI is InChI=1S/C15H24ClNO2S/c1-2-3-12-20(18,19)17-10-8-13(9-11-17)14-6-4-5-7-15(14)16/h4,6-7,13-14H,2-3,5,8-12H2,1H3. The molecule has 0 aromatic rings. The van der Waals surface area contributed by atoms with Gasteiger partial charge in [0.1, 0.15) is 0 Å². The predicted molar refractivity (Wildman–Crippen MR) is 84.2 cm³/mol. The Kier molecular flexibility index (Phi) is 5.70. The van der Waals surface area contributed by atoms with E-state index in [1.165, 1.54) is 0 Å². The number of rotatable bonds is 5. The summed E-state index contributed by atoms with van der Waals surface area (Å²) in [4.78, 5) is 0. The molecule has 0 radical (unpaired) electrons. The summed E-state index contributed by atoms with van der Waals surface area (Å²) >= 11 is 6.29. The number of piperidine rings is 1. The molecule has 1 unspecified atom stereocenters. The molecule has 1 aliphatic carbocycles. The summed E-state index contributed by atoms with van der Waals surface area (Å²) in [6, 6.07) is 0. The molecule has 1 aliphatic heterocycles. The second-order valence-corrected chi connectivity index (χ2v) is 8.21. The first-order chi connectivity index (χ1) is 9.54. The van der Waals surface area contributed by atoms with E-state index in [9.17, 15) is 8.42 Å². The lowest BCUT2D eigenvalue weighted by Gasteiger charge is -2.35. The number of nitrogens with zero attached hydrogens (tertiary/aromatic N) is 1. The maximum absolute atomic E-state index is 12.2. The van der Waals surface area contributed by atoms with Gasteiger partial charge >= 0.3 is 0 Å². The van der Waals surface area contributed by atoms with Gasteiger partial charge < -0.3 is 0 Å². The Bertz CT molecular complexity index is 476. The molecule has 1 saturated heterocycles. The topological polar surface area (TPSA) is 37.4 Å². The van der Waals surface area contributed by atoms with Crippen molar-refractivity contribution in [2.45, 2.75) is 39.0 Å². The van der Waals surface area contributed by atoms with Crippen LogP contribution in [0.15, 0.2) is 23.3 Å². The second kappa shape index (κ2) is 7.10. The van der Waals surface area contributed by atoms with Crippen molar-refractivity contribution in [2.75, 3.05) is 18.8 Å². The normalized spacial score (nSPS) is 25.7. The molecule has 0 aromatic carbocycles. The summed E-state index contributed by atoms with van der Waals surface area (Å²) in [5, 5.41) is 0.930. The van der Waals surface area contributed by atoms with Crippen molar-refractivity contribution in [3.05, 3.63) is 23.3 Å². The fraction of sp³-hybridized carbons (Fsp3) is 0.733. The van der Waals surface area contributed by atoms with Crippen LogP contribution in [-0.2, 0) is 10.0 Å². The van der Waals surface area contributed by atoms with Crippen molar-refractivity contribution in [1.29, 1.82) is 0 Å². The highest BCUT2D eigenvalue weighted by atomic mass is 35.5. The highest BCUT2D eigenvalue weighted by Gasteiger charge is 2.31. The molecule has 0 bridgehead atoms. The molecule has 5 heteroatoms. The van der Waals surface area contributed by atoms with Crippen LogP contribution in [0.5, 0.6) is 0 Å². The van der Waals surface area contributed by atoms with Gasteiger partial charge in [-0.15, -0.1) is 0 Å². The molecule has 2 rings (SSSR count). The number of allylic oxidation sites excluding steroid dienone is 4. The summed E-state index contributed by atoms with van der Waals surface area (Å²) in [7, 11) is -3.05. The highest BCUT2D eigenvalue weighted by molar-refractivity contribution is 7.89. The Labute approximate surface area is 127 Å². The Morgan fingerprint density at radius 3 is 2.65 bits per heavy atom. The molecule has 2 aliphatic rings. The summed E-state index contributed by atoms with van der Waals surface area (Å²) in [5.41, 5.74) is 0. The van der Waals surface area contributed by atoms with Gasteiger partial charge in [-0.3, -0.25) is 0 Å². The maximum Gasteiger partial charge on any atom is 0.214 e. The number of hydrogen-bond donors (Lipinski definition) is 0. The maximum atomic E-state index is 12.2. The summed E-state index contributed by atoms with van der Waals surface area (Å²) < 4.78 is 26.0. The van der Waals surface area contributed by atoms with Crippen molar-refractivity contribution in [3.63, 3.8) is 0 Å². The van der Waals surface area contributed by atoms with Crippen molar-refractivity contribution in [3.8, 4) is 0 Å². The third kappa shape index (κ3) is 3.86. The van der Waals surface area contributed by atoms with E-state index in [1.807, 2.05) is 6.92 Å². The minimum absolute atomic E-state index is 0.290. The molecule has 1 heterocycles. The molecule has 114 valence electrons. The van der Waals surface area contributed by atoms with E-state index in [4.69, 9.17) is 11.6 Å². The lowest BCUT2D eigenvalue weighted by Crippen LogP contribution is -2.41. The van der Waals surface area contributed by atoms with E-state index >= 15 is 0 Å². The third-order valence-electron chi connectivity index (χ3n) is 4.27. The zero-order valence-corrected chi connectivity index (χ0v) is 13.7. The Balaban J connectivity index is 1.91. The lowest BCUT2D eigenvalue weighted by atomic mass is 9.82. The van der Waals surface area contributed by atoms with Crippen molar-refractivity contribution in [1.82, 2.24) is 4.31 Å². The van der Waals surface area contributed by atoms with Crippen LogP contribution in [0.1, 0.15) is 39.0 Å². The van der Waals surface area contributed by atoms with Crippen LogP contribution in [0, 0.1) is 11.8 Å². The van der Waals surface area contributed by atoms with E-state index in [1.54, 1.807) is 4.31 Å². The first-order valence-electron chi connectivity index (χ1n) is 7.54. The molecule has 1 atom stereocenters. The number of hydrogen-bond acceptors (Lipinski definition) is 2. The number of sulfonamides is 1. The quantitative estimate of drug-likeness (QED) is 0.727. The second-order valence-electron chi connectivity index (χ2n) is 5.68. The van der Waals surface area contributed by atoms with Crippen LogP contribution in [0.2, 0.25) is 0 Å². The van der Waals surface area contributed by atoms with Gasteiger partial charge in [0.2, 0.25) is 10.0 Å². The minimum atomic E-state index is -3.05. The highest BCUT2D eigenvalue weighted by Crippen LogP contribution is 2.35. The first kappa shape index (κ1) is 16.1. The lowest BCUT2D eigenvalue weighted by molar-refractivity contribution is 0.248. The van der Waals surface area contributed by atoms with Crippen molar-refractivity contribution in [2.24, 2.45) is 11.8 Å². The minimum Gasteiger partial charge on any atom is -0.212 e. The summed E-state index contributed by atoms with van der Waals surface area (Å²) in [5.74, 6) is 1.07. The van der Waals surface area contributed by atoms with Gasteiger partial charge in [-0.25, -0.2) is 12.7 Å². The fourth-order valence-corrected chi connectivity index (χ4v) is 5.00. The number of halogens is 1. The van der Waals surface area contributed by atoms with Gasteiger partial charge in [0.15, 0.2) is 0 Å². The van der Waals surface area contributed by atoms with Crippen LogP contribution >= 0.6 is 11.6 Å². The molecule has 1 fully saturated rings. The van der Waals surface area contributed by atoms with E-state index in [-0.39, 0.29) is 5.75 Å². The van der Waals surface area contributed by atoms with Gasteiger partial charge in [0.25, 0.3) is 0 Å². The molecular weight excluding hydrogens is 294 g/mol. The first-order valence-corrected chi connectivity index (χ1v) is 9.53. The van der Waals surface area contributed by atoms with Crippen LogP contribution in [0.3, 0.4) is 0 Å². The van der Waals surface area contributed by atoms with Gasteiger partial charge in [-0.2, -0.15) is 0 Å². The molecular formula is C15H24ClNO2S. The van der Waals surface area contributed by atoms with Gasteiger partial charge in [0, 0.05) is 24.0 Å². The third-order valence-corrected chi connectivity index (χ3v) is 6.63. The summed E-state index contributed by atoms with van der Waals surface area (Å²) in [6.45, 7) is 3.31. The van der Waals surface area contributed by atoms with Crippen molar-refractivity contribution < 1.29 is 8.42 Å². The van der Waals surface area contributed by atoms with Gasteiger partial charge in [-0.1, -0.05) is 43.2 Å². The Hall–Kier alpha value is -0.320. The predicted octanol–water partition coefficient (Wildman–Crippen LogP) is 3.53. The average molecular weight is 318 g/mol. The smallest absolute Gasteiger partial charge is 0.212 e. The molecule has 3 nitrogen and oxygen atoms in total. The molecule has 20 heavy (non-hydrogen) atoms. The van der Waals surface area contributed by atoms with Crippen LogP contribution < -0.4 is 0 Å². The Morgan fingerprint density at radius 1 is 1.35 bits per heavy atom. The summed E-state index contributed by atoms with van der Waals surface area (Å²) in [6.07, 6.45) is 10.8. The van der Waals surface area contributed by atoms with E-state index in [0.717, 1.165) is 37.1 Å².